The first-order valence-corrected chi connectivity index (χ1v) is 6.27. The molecule has 2 nitrogen and oxygen atoms in total. The van der Waals surface area contributed by atoms with E-state index in [9.17, 15) is 13.2 Å². The second-order valence-corrected chi connectivity index (χ2v) is 5.75. The van der Waals surface area contributed by atoms with Crippen LogP contribution in [0.25, 0.3) is 0 Å². The van der Waals surface area contributed by atoms with E-state index in [0.29, 0.717) is 10.2 Å². The average Bonchev–Trinajstić information content (AvgIpc) is 2.19. The summed E-state index contributed by atoms with van der Waals surface area (Å²) in [6, 6.07) is 2.08. The predicted octanol–water partition coefficient (Wildman–Crippen LogP) is 4.44. The van der Waals surface area contributed by atoms with E-state index < -0.39 is 17.3 Å². The van der Waals surface area contributed by atoms with E-state index in [1.165, 1.54) is 0 Å². The van der Waals surface area contributed by atoms with E-state index in [1.807, 2.05) is 20.8 Å². The summed E-state index contributed by atoms with van der Waals surface area (Å²) in [7, 11) is 0. The van der Waals surface area contributed by atoms with E-state index in [2.05, 4.69) is 21.2 Å². The molecule has 1 unspecified atom stereocenters. The maximum Gasteiger partial charge on any atom is 0.416 e. The molecule has 0 saturated heterocycles. The van der Waals surface area contributed by atoms with Crippen LogP contribution in [0.2, 0.25) is 0 Å². The Morgan fingerprint density at radius 1 is 1.33 bits per heavy atom. The molecule has 0 amide bonds. The van der Waals surface area contributed by atoms with Crippen LogP contribution in [0.1, 0.15) is 26.3 Å². The minimum Gasteiger partial charge on any atom is -0.484 e. The number of ether oxygens (including phenoxy) is 1. The van der Waals surface area contributed by atoms with Gasteiger partial charge in [-0.3, -0.25) is 0 Å². The van der Waals surface area contributed by atoms with Gasteiger partial charge in [0.2, 0.25) is 0 Å². The van der Waals surface area contributed by atoms with Crippen LogP contribution in [0.4, 0.5) is 18.9 Å². The van der Waals surface area contributed by atoms with E-state index in [0.717, 1.165) is 12.1 Å². The number of anilines is 1. The molecule has 2 rings (SSSR count). The molecule has 0 spiro atoms. The van der Waals surface area contributed by atoms with Crippen molar-refractivity contribution in [3.63, 3.8) is 0 Å². The molecule has 0 aliphatic carbocycles. The molecule has 0 aromatic heterocycles. The Bertz CT molecular complexity index is 485. The second-order valence-electron chi connectivity index (χ2n) is 4.90. The molecule has 1 aromatic rings. The summed E-state index contributed by atoms with van der Waals surface area (Å²) in [4.78, 5) is 0. The molecule has 0 bridgehead atoms. The molecule has 0 saturated carbocycles. The third-order valence-corrected chi connectivity index (χ3v) is 3.78. The van der Waals surface area contributed by atoms with Crippen molar-refractivity contribution < 1.29 is 17.9 Å². The van der Waals surface area contributed by atoms with Gasteiger partial charge in [0.25, 0.3) is 0 Å². The van der Waals surface area contributed by atoms with Crippen LogP contribution in [0.3, 0.4) is 0 Å². The fourth-order valence-corrected chi connectivity index (χ4v) is 2.28. The molecule has 1 aromatic carbocycles. The Labute approximate surface area is 112 Å². The largest absolute Gasteiger partial charge is 0.484 e. The van der Waals surface area contributed by atoms with E-state index in [4.69, 9.17) is 4.74 Å². The van der Waals surface area contributed by atoms with Gasteiger partial charge in [-0.25, -0.2) is 0 Å². The first-order chi connectivity index (χ1) is 8.11. The molecular formula is C12H13BrF3NO. The van der Waals surface area contributed by atoms with Crippen LogP contribution in [0, 0.1) is 0 Å². The van der Waals surface area contributed by atoms with Crippen LogP contribution in [-0.2, 0) is 6.18 Å². The lowest BCUT2D eigenvalue weighted by Crippen LogP contribution is -2.47. The van der Waals surface area contributed by atoms with Crippen LogP contribution >= 0.6 is 15.9 Å². The zero-order valence-corrected chi connectivity index (χ0v) is 11.7. The molecular weight excluding hydrogens is 311 g/mol. The third-order valence-electron chi connectivity index (χ3n) is 3.16. The van der Waals surface area contributed by atoms with Crippen molar-refractivity contribution in [1.82, 2.24) is 0 Å². The van der Waals surface area contributed by atoms with E-state index in [1.54, 1.807) is 0 Å². The van der Waals surface area contributed by atoms with Gasteiger partial charge in [-0.05, 0) is 48.8 Å². The van der Waals surface area contributed by atoms with Crippen LogP contribution in [0.5, 0.6) is 5.75 Å². The monoisotopic (exact) mass is 323 g/mol. The number of nitrogens with one attached hydrogen (secondary N) is 1. The van der Waals surface area contributed by atoms with Gasteiger partial charge in [0.1, 0.15) is 11.4 Å². The number of alkyl halides is 3. The van der Waals surface area contributed by atoms with E-state index >= 15 is 0 Å². The number of hydrogen-bond acceptors (Lipinski definition) is 2. The van der Waals surface area contributed by atoms with Crippen molar-refractivity contribution in [3.05, 3.63) is 22.2 Å². The molecule has 1 heterocycles. The maximum atomic E-state index is 12.7. The number of fused-ring (bicyclic) bond motifs is 1. The minimum atomic E-state index is -4.38. The van der Waals surface area contributed by atoms with Crippen molar-refractivity contribution in [1.29, 1.82) is 0 Å². The zero-order chi connectivity index (χ0) is 13.7. The highest BCUT2D eigenvalue weighted by atomic mass is 79.9. The minimum absolute atomic E-state index is 0.00182. The van der Waals surface area contributed by atoms with Gasteiger partial charge in [-0.2, -0.15) is 13.2 Å². The Balaban J connectivity index is 2.52. The molecule has 1 atom stereocenters. The standard InChI is InChI=1S/C12H13BrF3NO/c1-6-11(2,3)18-9-5-7(12(14,15)16)4-8(13)10(9)17-6/h4-6,17H,1-3H3. The highest BCUT2D eigenvalue weighted by molar-refractivity contribution is 9.10. The molecule has 6 heteroatoms. The van der Waals surface area contributed by atoms with Crippen molar-refractivity contribution in [3.8, 4) is 5.75 Å². The first kappa shape index (κ1) is 13.5. The fraction of sp³-hybridized carbons (Fsp3) is 0.500. The SMILES string of the molecule is CC1Nc2c(Br)cc(C(F)(F)F)cc2OC1(C)C. The first-order valence-electron chi connectivity index (χ1n) is 5.47. The van der Waals surface area contributed by atoms with Gasteiger partial charge < -0.3 is 10.1 Å². The van der Waals surface area contributed by atoms with Gasteiger partial charge in [0, 0.05) is 4.47 Å². The summed E-state index contributed by atoms with van der Waals surface area (Å²) in [6.45, 7) is 5.59. The maximum absolute atomic E-state index is 12.7. The van der Waals surface area contributed by atoms with Crippen molar-refractivity contribution in [2.24, 2.45) is 0 Å². The number of benzene rings is 1. The van der Waals surface area contributed by atoms with Gasteiger partial charge in [0.15, 0.2) is 0 Å². The number of hydrogen-bond donors (Lipinski definition) is 1. The Kier molecular flexibility index (Phi) is 3.04. The Morgan fingerprint density at radius 3 is 2.50 bits per heavy atom. The highest BCUT2D eigenvalue weighted by Gasteiger charge is 2.38. The summed E-state index contributed by atoms with van der Waals surface area (Å²) < 4.78 is 44.1. The van der Waals surface area contributed by atoms with Crippen LogP contribution in [-0.4, -0.2) is 11.6 Å². The number of halogens is 4. The van der Waals surface area contributed by atoms with Crippen LogP contribution in [0.15, 0.2) is 16.6 Å². The molecule has 100 valence electrons. The normalized spacial score (nSPS) is 21.8. The van der Waals surface area contributed by atoms with Crippen molar-refractivity contribution in [2.75, 3.05) is 5.32 Å². The average molecular weight is 324 g/mol. The van der Waals surface area contributed by atoms with E-state index in [-0.39, 0.29) is 11.8 Å². The predicted molar refractivity (Wildman–Crippen MR) is 66.9 cm³/mol. The zero-order valence-electron chi connectivity index (χ0n) is 10.2. The molecule has 1 aliphatic rings. The quantitative estimate of drug-likeness (QED) is 0.762. The smallest absolute Gasteiger partial charge is 0.416 e. The van der Waals surface area contributed by atoms with Crippen molar-refractivity contribution >= 4 is 21.6 Å². The molecule has 0 fully saturated rings. The lowest BCUT2D eigenvalue weighted by Gasteiger charge is -2.40. The van der Waals surface area contributed by atoms with Crippen molar-refractivity contribution in [2.45, 2.75) is 38.6 Å². The van der Waals surface area contributed by atoms with Gasteiger partial charge >= 0.3 is 6.18 Å². The van der Waals surface area contributed by atoms with Gasteiger partial charge in [-0.15, -0.1) is 0 Å². The lowest BCUT2D eigenvalue weighted by molar-refractivity contribution is -0.137. The summed E-state index contributed by atoms with van der Waals surface area (Å²) >= 11 is 3.15. The van der Waals surface area contributed by atoms with Crippen LogP contribution < -0.4 is 10.1 Å². The highest BCUT2D eigenvalue weighted by Crippen LogP contribution is 2.44. The van der Waals surface area contributed by atoms with Gasteiger partial charge in [0.05, 0.1) is 17.3 Å². The molecule has 1 aliphatic heterocycles. The summed E-state index contributed by atoms with van der Waals surface area (Å²) in [5, 5.41) is 3.16. The molecule has 18 heavy (non-hydrogen) atoms. The summed E-state index contributed by atoms with van der Waals surface area (Å²) in [5.74, 6) is 0.222. The molecule has 1 N–H and O–H groups in total. The molecule has 0 radical (unpaired) electrons. The topological polar surface area (TPSA) is 21.3 Å². The Hall–Kier alpha value is -0.910. The van der Waals surface area contributed by atoms with Gasteiger partial charge in [-0.1, -0.05) is 0 Å². The summed E-state index contributed by atoms with van der Waals surface area (Å²) in [5.41, 5.74) is -0.716. The third kappa shape index (κ3) is 2.30. The lowest BCUT2D eigenvalue weighted by atomic mass is 9.97. The Morgan fingerprint density at radius 2 is 1.94 bits per heavy atom. The summed E-state index contributed by atoms with van der Waals surface area (Å²) in [6.07, 6.45) is -4.38. The number of rotatable bonds is 0. The fourth-order valence-electron chi connectivity index (χ4n) is 1.73. The second kappa shape index (κ2) is 4.05.